The molecule has 5 nitrogen and oxygen atoms in total. The molecule has 0 spiro atoms. The van der Waals surface area contributed by atoms with Crippen LogP contribution in [0, 0.1) is 0 Å². The van der Waals surface area contributed by atoms with Crippen molar-refractivity contribution in [2.24, 2.45) is 0 Å². The van der Waals surface area contributed by atoms with Crippen molar-refractivity contribution in [3.8, 4) is 0 Å². The predicted molar refractivity (Wildman–Crippen MR) is 50.0 cm³/mol. The van der Waals surface area contributed by atoms with Gasteiger partial charge in [-0.2, -0.15) is 0 Å². The van der Waals surface area contributed by atoms with Crippen LogP contribution in [0.1, 0.15) is 35.6 Å². The Morgan fingerprint density at radius 3 is 3.00 bits per heavy atom. The van der Waals surface area contributed by atoms with E-state index in [1.165, 1.54) is 25.5 Å². The number of aromatic carboxylic acids is 1. The average Bonchev–Trinajstić information content (AvgIpc) is 2.50. The molecule has 1 aromatic rings. The summed E-state index contributed by atoms with van der Waals surface area (Å²) < 4.78 is 0. The van der Waals surface area contributed by atoms with E-state index in [-0.39, 0.29) is 5.69 Å². The highest BCUT2D eigenvalue weighted by Crippen LogP contribution is 2.18. The van der Waals surface area contributed by atoms with E-state index in [4.69, 9.17) is 5.11 Å². The van der Waals surface area contributed by atoms with E-state index in [0.29, 0.717) is 18.4 Å². The van der Waals surface area contributed by atoms with Crippen LogP contribution >= 0.6 is 0 Å². The van der Waals surface area contributed by atoms with E-state index in [1.807, 2.05) is 0 Å². The van der Waals surface area contributed by atoms with Crippen molar-refractivity contribution in [1.29, 1.82) is 0 Å². The van der Waals surface area contributed by atoms with Crippen molar-refractivity contribution < 1.29 is 9.90 Å². The van der Waals surface area contributed by atoms with Crippen molar-refractivity contribution in [3.05, 3.63) is 17.7 Å². The molecule has 5 heteroatoms. The number of hydrogen-bond donors (Lipinski definition) is 3. The molecule has 0 atom stereocenters. The van der Waals surface area contributed by atoms with E-state index >= 15 is 0 Å². The van der Waals surface area contributed by atoms with Crippen LogP contribution in [-0.2, 0) is 6.54 Å². The minimum Gasteiger partial charge on any atom is -0.477 e. The molecule has 14 heavy (non-hydrogen) atoms. The normalized spacial score (nSPS) is 16.6. The van der Waals surface area contributed by atoms with E-state index in [0.717, 1.165) is 0 Å². The van der Waals surface area contributed by atoms with E-state index in [2.05, 4.69) is 15.3 Å². The lowest BCUT2D eigenvalue weighted by molar-refractivity contribution is 0.0691. The minimum atomic E-state index is -0.965. The Balaban J connectivity index is 1.86. The smallest absolute Gasteiger partial charge is 0.353 e. The Morgan fingerprint density at radius 1 is 1.71 bits per heavy atom. The number of nitrogens with zero attached hydrogens (tertiary/aromatic N) is 1. The Morgan fingerprint density at radius 2 is 2.50 bits per heavy atom. The molecule has 1 aliphatic carbocycles. The molecule has 0 bridgehead atoms. The minimum absolute atomic E-state index is 0.149. The summed E-state index contributed by atoms with van der Waals surface area (Å²) in [5.41, 5.74) is 0.149. The number of carboxylic acid groups (broad SMARTS) is 1. The molecule has 0 aliphatic heterocycles. The third-order valence-electron chi connectivity index (χ3n) is 2.52. The van der Waals surface area contributed by atoms with E-state index in [1.54, 1.807) is 0 Å². The van der Waals surface area contributed by atoms with Crippen molar-refractivity contribution in [3.63, 3.8) is 0 Å². The number of aromatic nitrogens is 2. The lowest BCUT2D eigenvalue weighted by Crippen LogP contribution is -2.34. The highest BCUT2D eigenvalue weighted by atomic mass is 16.4. The van der Waals surface area contributed by atoms with Crippen LogP contribution in [0.25, 0.3) is 0 Å². The van der Waals surface area contributed by atoms with Gasteiger partial charge in [0.2, 0.25) is 0 Å². The fourth-order valence-corrected chi connectivity index (χ4v) is 1.41. The van der Waals surface area contributed by atoms with Crippen molar-refractivity contribution in [2.75, 3.05) is 0 Å². The zero-order valence-electron chi connectivity index (χ0n) is 7.79. The fourth-order valence-electron chi connectivity index (χ4n) is 1.41. The van der Waals surface area contributed by atoms with Crippen molar-refractivity contribution in [1.82, 2.24) is 15.3 Å². The molecule has 76 valence electrons. The number of H-pyrrole nitrogens is 1. The van der Waals surface area contributed by atoms with E-state index < -0.39 is 5.97 Å². The van der Waals surface area contributed by atoms with Crippen molar-refractivity contribution in [2.45, 2.75) is 31.8 Å². The SMILES string of the molecule is O=C(O)c1cnc(CNC2CCC2)[nH]1. The van der Waals surface area contributed by atoms with Crippen LogP contribution in [0.3, 0.4) is 0 Å². The Bertz CT molecular complexity index is 331. The molecular weight excluding hydrogens is 182 g/mol. The number of aromatic amines is 1. The molecule has 3 N–H and O–H groups in total. The zero-order chi connectivity index (χ0) is 9.97. The van der Waals surface area contributed by atoms with Crippen LogP contribution in [0.2, 0.25) is 0 Å². The maximum absolute atomic E-state index is 10.5. The molecule has 1 aromatic heterocycles. The maximum Gasteiger partial charge on any atom is 0.353 e. The number of nitrogens with one attached hydrogen (secondary N) is 2. The molecule has 1 aliphatic rings. The Kier molecular flexibility index (Phi) is 2.49. The summed E-state index contributed by atoms with van der Waals surface area (Å²) in [5.74, 6) is -0.276. The molecule has 1 saturated carbocycles. The second-order valence-electron chi connectivity index (χ2n) is 3.56. The molecule has 2 rings (SSSR count). The third-order valence-corrected chi connectivity index (χ3v) is 2.52. The van der Waals surface area contributed by atoms with Gasteiger partial charge < -0.3 is 15.4 Å². The third kappa shape index (κ3) is 1.93. The second-order valence-corrected chi connectivity index (χ2v) is 3.56. The van der Waals surface area contributed by atoms with Crippen LogP contribution in [0.15, 0.2) is 6.20 Å². The monoisotopic (exact) mass is 195 g/mol. The molecule has 1 fully saturated rings. The highest BCUT2D eigenvalue weighted by molar-refractivity contribution is 5.84. The lowest BCUT2D eigenvalue weighted by Gasteiger charge is -2.25. The molecular formula is C9H13N3O2. The van der Waals surface area contributed by atoms with Gasteiger partial charge in [0.25, 0.3) is 0 Å². The predicted octanol–water partition coefficient (Wildman–Crippen LogP) is 0.750. The standard InChI is InChI=1S/C9H13N3O2/c13-9(14)7-4-11-8(12-7)5-10-6-2-1-3-6/h4,6,10H,1-3,5H2,(H,11,12)(H,13,14). The molecule has 1 heterocycles. The Labute approximate surface area is 81.5 Å². The van der Waals surface area contributed by atoms with Gasteiger partial charge >= 0.3 is 5.97 Å². The molecule has 0 amide bonds. The van der Waals surface area contributed by atoms with Crippen LogP contribution in [0.4, 0.5) is 0 Å². The van der Waals surface area contributed by atoms with Crippen LogP contribution in [-0.4, -0.2) is 27.1 Å². The first-order valence-corrected chi connectivity index (χ1v) is 4.76. The summed E-state index contributed by atoms with van der Waals surface area (Å²) in [6.45, 7) is 0.623. The lowest BCUT2D eigenvalue weighted by atomic mass is 9.93. The summed E-state index contributed by atoms with van der Waals surface area (Å²) in [5, 5.41) is 11.9. The summed E-state index contributed by atoms with van der Waals surface area (Å²) in [6, 6.07) is 0.591. The number of imidazole rings is 1. The van der Waals surface area contributed by atoms with Gasteiger partial charge in [-0.1, -0.05) is 6.42 Å². The van der Waals surface area contributed by atoms with Gasteiger partial charge in [0, 0.05) is 6.04 Å². The first-order chi connectivity index (χ1) is 6.75. The Hall–Kier alpha value is -1.36. The van der Waals surface area contributed by atoms with E-state index in [9.17, 15) is 4.79 Å². The largest absolute Gasteiger partial charge is 0.477 e. The van der Waals surface area contributed by atoms with Gasteiger partial charge in [0.15, 0.2) is 0 Å². The summed E-state index contributed by atoms with van der Waals surface area (Å²) in [6.07, 6.45) is 5.06. The quantitative estimate of drug-likeness (QED) is 0.662. The first-order valence-electron chi connectivity index (χ1n) is 4.76. The topological polar surface area (TPSA) is 78.0 Å². The first kappa shape index (κ1) is 9.21. The van der Waals surface area contributed by atoms with Gasteiger partial charge in [0.05, 0.1) is 12.7 Å². The van der Waals surface area contributed by atoms with Gasteiger partial charge in [0.1, 0.15) is 11.5 Å². The second kappa shape index (κ2) is 3.79. The summed E-state index contributed by atoms with van der Waals surface area (Å²) in [4.78, 5) is 17.2. The molecule has 0 saturated heterocycles. The number of rotatable bonds is 4. The molecule has 0 unspecified atom stereocenters. The van der Waals surface area contributed by atoms with Crippen LogP contribution in [0.5, 0.6) is 0 Å². The average molecular weight is 195 g/mol. The highest BCUT2D eigenvalue weighted by Gasteiger charge is 2.16. The number of carbonyl (C=O) groups is 1. The molecule has 0 radical (unpaired) electrons. The summed E-state index contributed by atoms with van der Waals surface area (Å²) >= 11 is 0. The summed E-state index contributed by atoms with van der Waals surface area (Å²) in [7, 11) is 0. The maximum atomic E-state index is 10.5. The number of hydrogen-bond acceptors (Lipinski definition) is 3. The molecule has 0 aromatic carbocycles. The van der Waals surface area contributed by atoms with Crippen LogP contribution < -0.4 is 5.32 Å². The van der Waals surface area contributed by atoms with Gasteiger partial charge in [-0.15, -0.1) is 0 Å². The van der Waals surface area contributed by atoms with Gasteiger partial charge in [-0.25, -0.2) is 9.78 Å². The fraction of sp³-hybridized carbons (Fsp3) is 0.556. The number of carboxylic acids is 1. The zero-order valence-corrected chi connectivity index (χ0v) is 7.79. The van der Waals surface area contributed by atoms with Crippen molar-refractivity contribution >= 4 is 5.97 Å². The van der Waals surface area contributed by atoms with Gasteiger partial charge in [-0.05, 0) is 12.8 Å². The van der Waals surface area contributed by atoms with Gasteiger partial charge in [-0.3, -0.25) is 0 Å².